The molecule has 3 aliphatic heterocycles. The molecule has 1 amide bonds. The number of hydrogen-bond donors (Lipinski definition) is 0. The van der Waals surface area contributed by atoms with Crippen LogP contribution in [0.25, 0.3) is 0 Å². The van der Waals surface area contributed by atoms with Gasteiger partial charge in [-0.15, -0.1) is 0 Å². The van der Waals surface area contributed by atoms with Crippen molar-refractivity contribution in [2.45, 2.75) is 44.8 Å². The Hall–Kier alpha value is -2.14. The Morgan fingerprint density at radius 2 is 2.15 bits per heavy atom. The summed E-state index contributed by atoms with van der Waals surface area (Å²) in [5.74, 6) is -1.37. The first kappa shape index (κ1) is 17.3. The van der Waals surface area contributed by atoms with Crippen molar-refractivity contribution in [3.05, 3.63) is 42.0 Å². The number of para-hydroxylation sites is 1. The number of benzene rings is 1. The maximum Gasteiger partial charge on any atom is 0.312 e. The first-order chi connectivity index (χ1) is 12.6. The third-order valence-corrected chi connectivity index (χ3v) is 5.77. The minimum absolute atomic E-state index is 0.0401. The highest BCUT2D eigenvalue weighted by atomic mass is 16.6. The van der Waals surface area contributed by atoms with Crippen LogP contribution in [0.5, 0.6) is 0 Å². The van der Waals surface area contributed by atoms with Crippen LogP contribution in [0.3, 0.4) is 0 Å². The van der Waals surface area contributed by atoms with Crippen LogP contribution in [0.2, 0.25) is 0 Å². The van der Waals surface area contributed by atoms with Gasteiger partial charge in [0.15, 0.2) is 0 Å². The van der Waals surface area contributed by atoms with E-state index >= 15 is 0 Å². The molecule has 3 heterocycles. The third-order valence-electron chi connectivity index (χ3n) is 5.77. The van der Waals surface area contributed by atoms with Gasteiger partial charge < -0.3 is 14.4 Å². The Balaban J connectivity index is 1.56. The summed E-state index contributed by atoms with van der Waals surface area (Å²) < 4.78 is 11.6. The lowest BCUT2D eigenvalue weighted by molar-refractivity contribution is -0.152. The number of amides is 1. The van der Waals surface area contributed by atoms with Crippen molar-refractivity contribution in [2.24, 2.45) is 11.8 Å². The van der Waals surface area contributed by atoms with Crippen molar-refractivity contribution in [2.75, 3.05) is 18.1 Å². The predicted molar refractivity (Wildman–Crippen MR) is 97.7 cm³/mol. The van der Waals surface area contributed by atoms with Gasteiger partial charge in [0.05, 0.1) is 25.2 Å². The lowest BCUT2D eigenvalue weighted by atomic mass is 9.77. The molecule has 5 heteroatoms. The zero-order valence-electron chi connectivity index (χ0n) is 15.3. The molecule has 2 saturated heterocycles. The zero-order chi connectivity index (χ0) is 18.3. The van der Waals surface area contributed by atoms with Crippen molar-refractivity contribution < 1.29 is 19.1 Å². The standard InChI is InChI=1S/C21H25NO4/c1-3-4-7-12-25-20(24)17-16-10-11-21(26-16)13-22(19(23)18(17)21)15-9-6-5-8-14(15)2/h5-6,8-11,16-18H,3-4,7,12-13H2,1-2H3/t16-,17-,18+,21-/m1/s1. The fourth-order valence-electron chi connectivity index (χ4n) is 4.46. The van der Waals surface area contributed by atoms with Gasteiger partial charge in [-0.1, -0.05) is 50.1 Å². The monoisotopic (exact) mass is 355 g/mol. The Labute approximate surface area is 154 Å². The Bertz CT molecular complexity index is 758. The number of anilines is 1. The van der Waals surface area contributed by atoms with E-state index < -0.39 is 17.4 Å². The number of ether oxygens (including phenoxy) is 2. The number of nitrogens with zero attached hydrogens (tertiary/aromatic N) is 1. The van der Waals surface area contributed by atoms with Gasteiger partial charge in [0.25, 0.3) is 0 Å². The van der Waals surface area contributed by atoms with E-state index in [-0.39, 0.29) is 18.0 Å². The summed E-state index contributed by atoms with van der Waals surface area (Å²) >= 11 is 0. The van der Waals surface area contributed by atoms with E-state index in [1.54, 1.807) is 4.90 Å². The fourth-order valence-corrected chi connectivity index (χ4v) is 4.46. The van der Waals surface area contributed by atoms with Gasteiger partial charge in [0.1, 0.15) is 11.5 Å². The Kier molecular flexibility index (Phi) is 4.35. The molecule has 4 atom stereocenters. The fraction of sp³-hybridized carbons (Fsp3) is 0.524. The molecule has 4 rings (SSSR count). The summed E-state index contributed by atoms with van der Waals surface area (Å²) in [7, 11) is 0. The molecule has 0 saturated carbocycles. The summed E-state index contributed by atoms with van der Waals surface area (Å²) in [6.07, 6.45) is 6.51. The number of unbranched alkanes of at least 4 members (excludes halogenated alkanes) is 2. The number of fused-ring (bicyclic) bond motifs is 1. The molecule has 5 nitrogen and oxygen atoms in total. The Morgan fingerprint density at radius 3 is 2.92 bits per heavy atom. The first-order valence-corrected chi connectivity index (χ1v) is 9.48. The predicted octanol–water partition coefficient (Wildman–Crippen LogP) is 3.01. The number of carbonyl (C=O) groups excluding carboxylic acids is 2. The molecule has 3 aliphatic rings. The zero-order valence-corrected chi connectivity index (χ0v) is 15.3. The van der Waals surface area contributed by atoms with Crippen LogP contribution in [0.15, 0.2) is 36.4 Å². The first-order valence-electron chi connectivity index (χ1n) is 9.48. The summed E-state index contributed by atoms with van der Waals surface area (Å²) in [6, 6.07) is 7.81. The number of aryl methyl sites for hydroxylation is 1. The number of esters is 1. The summed E-state index contributed by atoms with van der Waals surface area (Å²) in [5, 5.41) is 0. The molecule has 138 valence electrons. The molecule has 1 aromatic carbocycles. The molecule has 0 radical (unpaired) electrons. The lowest BCUT2D eigenvalue weighted by Gasteiger charge is -2.23. The van der Waals surface area contributed by atoms with E-state index in [0.29, 0.717) is 13.2 Å². The maximum atomic E-state index is 13.2. The van der Waals surface area contributed by atoms with E-state index in [1.165, 1.54) is 0 Å². The average molecular weight is 355 g/mol. The quantitative estimate of drug-likeness (QED) is 0.447. The normalized spacial score (nSPS) is 31.5. The molecule has 2 fully saturated rings. The maximum absolute atomic E-state index is 13.2. The van der Waals surface area contributed by atoms with Crippen molar-refractivity contribution in [1.82, 2.24) is 0 Å². The van der Waals surface area contributed by atoms with Crippen molar-refractivity contribution in [3.63, 3.8) is 0 Å². The second-order valence-electron chi connectivity index (χ2n) is 7.49. The molecule has 1 spiro atoms. The molecule has 1 aromatic rings. The number of carbonyl (C=O) groups is 2. The van der Waals surface area contributed by atoms with Crippen molar-refractivity contribution in [3.8, 4) is 0 Å². The molecular weight excluding hydrogens is 330 g/mol. The second-order valence-corrected chi connectivity index (χ2v) is 7.49. The SMILES string of the molecule is CCCCCOC(=O)[C@H]1[C@H]2C(=O)N(c3ccccc3C)C[C@]23C=C[C@H]1O3. The van der Waals surface area contributed by atoms with Gasteiger partial charge in [-0.2, -0.15) is 0 Å². The van der Waals surface area contributed by atoms with Crippen LogP contribution in [0, 0.1) is 18.8 Å². The topological polar surface area (TPSA) is 55.8 Å². The molecular formula is C21H25NO4. The van der Waals surface area contributed by atoms with Crippen molar-refractivity contribution in [1.29, 1.82) is 0 Å². The van der Waals surface area contributed by atoms with Crippen LogP contribution in [-0.4, -0.2) is 36.7 Å². The largest absolute Gasteiger partial charge is 0.465 e. The lowest BCUT2D eigenvalue weighted by Crippen LogP contribution is -2.40. The highest BCUT2D eigenvalue weighted by Crippen LogP contribution is 2.53. The van der Waals surface area contributed by atoms with Crippen LogP contribution in [0.4, 0.5) is 5.69 Å². The summed E-state index contributed by atoms with van der Waals surface area (Å²) in [6.45, 7) is 4.96. The highest BCUT2D eigenvalue weighted by molar-refractivity contribution is 6.03. The highest BCUT2D eigenvalue weighted by Gasteiger charge is 2.67. The van der Waals surface area contributed by atoms with Gasteiger partial charge >= 0.3 is 5.97 Å². The molecule has 0 aliphatic carbocycles. The van der Waals surface area contributed by atoms with Gasteiger partial charge in [-0.3, -0.25) is 9.59 Å². The van der Waals surface area contributed by atoms with Crippen LogP contribution < -0.4 is 4.90 Å². The minimum Gasteiger partial charge on any atom is -0.465 e. The summed E-state index contributed by atoms with van der Waals surface area (Å²) in [4.78, 5) is 27.7. The van der Waals surface area contributed by atoms with E-state index in [0.717, 1.165) is 30.5 Å². The average Bonchev–Trinajstić information content (AvgIpc) is 3.27. The van der Waals surface area contributed by atoms with E-state index in [2.05, 4.69) is 6.92 Å². The van der Waals surface area contributed by atoms with Gasteiger partial charge in [0.2, 0.25) is 5.91 Å². The van der Waals surface area contributed by atoms with E-state index in [1.807, 2.05) is 43.3 Å². The third kappa shape index (κ3) is 2.57. The molecule has 2 bridgehead atoms. The van der Waals surface area contributed by atoms with Crippen LogP contribution in [-0.2, 0) is 19.1 Å². The van der Waals surface area contributed by atoms with Gasteiger partial charge in [-0.25, -0.2) is 0 Å². The molecule has 0 N–H and O–H groups in total. The van der Waals surface area contributed by atoms with Gasteiger partial charge in [-0.05, 0) is 25.0 Å². The number of rotatable bonds is 6. The second kappa shape index (κ2) is 6.54. The minimum atomic E-state index is -0.697. The molecule has 0 unspecified atom stereocenters. The van der Waals surface area contributed by atoms with E-state index in [9.17, 15) is 9.59 Å². The van der Waals surface area contributed by atoms with Crippen LogP contribution >= 0.6 is 0 Å². The summed E-state index contributed by atoms with van der Waals surface area (Å²) in [5.41, 5.74) is 1.23. The van der Waals surface area contributed by atoms with Gasteiger partial charge in [0, 0.05) is 5.69 Å². The molecule has 26 heavy (non-hydrogen) atoms. The molecule has 0 aromatic heterocycles. The smallest absolute Gasteiger partial charge is 0.312 e. The van der Waals surface area contributed by atoms with E-state index in [4.69, 9.17) is 9.47 Å². The van der Waals surface area contributed by atoms with Crippen LogP contribution in [0.1, 0.15) is 31.7 Å². The number of hydrogen-bond acceptors (Lipinski definition) is 4. The van der Waals surface area contributed by atoms with Crippen molar-refractivity contribution >= 4 is 17.6 Å². The Morgan fingerprint density at radius 1 is 1.35 bits per heavy atom.